The van der Waals surface area contributed by atoms with E-state index < -0.39 is 0 Å². The first-order valence-electron chi connectivity index (χ1n) is 6.87. The van der Waals surface area contributed by atoms with E-state index in [1.54, 1.807) is 0 Å². The molecule has 0 bridgehead atoms. The molecule has 4 heteroatoms. The zero-order valence-electron chi connectivity index (χ0n) is 11.0. The van der Waals surface area contributed by atoms with Gasteiger partial charge in [0.25, 0.3) is 0 Å². The van der Waals surface area contributed by atoms with Crippen LogP contribution < -0.4 is 5.73 Å². The van der Waals surface area contributed by atoms with E-state index in [-0.39, 0.29) is 0 Å². The summed E-state index contributed by atoms with van der Waals surface area (Å²) in [5.41, 5.74) is 5.40. The molecule has 0 aliphatic carbocycles. The van der Waals surface area contributed by atoms with Crippen LogP contribution in [0.3, 0.4) is 0 Å². The lowest BCUT2D eigenvalue weighted by molar-refractivity contribution is -0.133. The Morgan fingerprint density at radius 3 is 2.65 bits per heavy atom. The van der Waals surface area contributed by atoms with Crippen molar-refractivity contribution in [2.24, 2.45) is 5.73 Å². The van der Waals surface area contributed by atoms with E-state index in [1.807, 2.05) is 4.90 Å². The van der Waals surface area contributed by atoms with E-state index in [1.165, 1.54) is 6.42 Å². The highest BCUT2D eigenvalue weighted by molar-refractivity contribution is 5.76. The van der Waals surface area contributed by atoms with Gasteiger partial charge in [-0.25, -0.2) is 0 Å². The summed E-state index contributed by atoms with van der Waals surface area (Å²) < 4.78 is 5.60. The lowest BCUT2D eigenvalue weighted by Crippen LogP contribution is -2.41. The number of carbonyl (C=O) groups is 1. The van der Waals surface area contributed by atoms with Crippen molar-refractivity contribution in [1.29, 1.82) is 0 Å². The molecule has 0 radical (unpaired) electrons. The maximum absolute atomic E-state index is 11.9. The number of likely N-dealkylation sites (tertiary alicyclic amines) is 1. The van der Waals surface area contributed by atoms with Crippen LogP contribution >= 0.6 is 0 Å². The zero-order valence-corrected chi connectivity index (χ0v) is 11.0. The van der Waals surface area contributed by atoms with E-state index in [0.29, 0.717) is 31.6 Å². The van der Waals surface area contributed by atoms with Gasteiger partial charge in [-0.2, -0.15) is 0 Å². The van der Waals surface area contributed by atoms with E-state index in [9.17, 15) is 4.79 Å². The molecule has 1 fully saturated rings. The molecule has 0 aromatic carbocycles. The predicted octanol–water partition coefficient (Wildman–Crippen LogP) is 1.53. The molecular weight excluding hydrogens is 216 g/mol. The minimum atomic E-state index is 0.304. The minimum Gasteiger partial charge on any atom is -0.377 e. The van der Waals surface area contributed by atoms with Gasteiger partial charge in [-0.3, -0.25) is 4.79 Å². The minimum absolute atomic E-state index is 0.304. The largest absolute Gasteiger partial charge is 0.377 e. The summed E-state index contributed by atoms with van der Waals surface area (Å²) in [6.45, 7) is 5.07. The van der Waals surface area contributed by atoms with E-state index in [0.717, 1.165) is 38.8 Å². The first-order chi connectivity index (χ1) is 8.27. The first kappa shape index (κ1) is 14.5. The second-order valence-corrected chi connectivity index (χ2v) is 4.70. The van der Waals surface area contributed by atoms with Gasteiger partial charge in [-0.15, -0.1) is 0 Å². The van der Waals surface area contributed by atoms with Gasteiger partial charge in [0.05, 0.1) is 12.7 Å². The molecule has 2 N–H and O–H groups in total. The summed E-state index contributed by atoms with van der Waals surface area (Å²) in [5, 5.41) is 0. The van der Waals surface area contributed by atoms with Crippen LogP contribution in [0.2, 0.25) is 0 Å². The van der Waals surface area contributed by atoms with Gasteiger partial charge in [0.15, 0.2) is 0 Å². The molecule has 0 saturated carbocycles. The molecular formula is C13H26N2O2. The number of amides is 1. The van der Waals surface area contributed by atoms with E-state index in [4.69, 9.17) is 10.5 Å². The third kappa shape index (κ3) is 5.50. The number of hydrogen-bond acceptors (Lipinski definition) is 3. The Morgan fingerprint density at radius 1 is 1.35 bits per heavy atom. The Kier molecular flexibility index (Phi) is 7.21. The van der Waals surface area contributed by atoms with Crippen molar-refractivity contribution in [3.63, 3.8) is 0 Å². The number of rotatable bonds is 7. The van der Waals surface area contributed by atoms with Crippen LogP contribution in [-0.2, 0) is 9.53 Å². The van der Waals surface area contributed by atoms with Crippen LogP contribution in [0.1, 0.15) is 45.4 Å². The summed E-state index contributed by atoms with van der Waals surface area (Å²) in [6, 6.07) is 0. The number of piperidine rings is 1. The maximum Gasteiger partial charge on any atom is 0.222 e. The Labute approximate surface area is 104 Å². The second kappa shape index (κ2) is 8.48. The highest BCUT2D eigenvalue weighted by Gasteiger charge is 2.22. The molecule has 1 amide bonds. The molecule has 0 spiro atoms. The van der Waals surface area contributed by atoms with Crippen molar-refractivity contribution in [3.8, 4) is 0 Å². The van der Waals surface area contributed by atoms with Gasteiger partial charge in [-0.05, 0) is 19.3 Å². The van der Waals surface area contributed by atoms with Gasteiger partial charge < -0.3 is 15.4 Å². The van der Waals surface area contributed by atoms with Crippen LogP contribution in [0, 0.1) is 0 Å². The zero-order chi connectivity index (χ0) is 12.5. The molecule has 0 atom stereocenters. The van der Waals surface area contributed by atoms with Crippen LogP contribution in [0.25, 0.3) is 0 Å². The Balaban J connectivity index is 2.15. The van der Waals surface area contributed by atoms with Crippen LogP contribution in [0.15, 0.2) is 0 Å². The normalized spacial score (nSPS) is 17.4. The molecule has 0 aromatic heterocycles. The number of ether oxygens (including phenoxy) is 1. The maximum atomic E-state index is 11.9. The summed E-state index contributed by atoms with van der Waals surface area (Å²) >= 11 is 0. The van der Waals surface area contributed by atoms with Gasteiger partial charge in [0.1, 0.15) is 0 Å². The van der Waals surface area contributed by atoms with E-state index in [2.05, 4.69) is 6.92 Å². The molecule has 1 saturated heterocycles. The van der Waals surface area contributed by atoms with Crippen molar-refractivity contribution in [2.45, 2.75) is 51.6 Å². The Bertz CT molecular complexity index is 213. The molecule has 1 aliphatic rings. The van der Waals surface area contributed by atoms with Crippen molar-refractivity contribution in [3.05, 3.63) is 0 Å². The summed E-state index contributed by atoms with van der Waals surface area (Å²) in [6.07, 6.45) is 6.28. The molecule has 4 nitrogen and oxygen atoms in total. The van der Waals surface area contributed by atoms with Gasteiger partial charge in [0, 0.05) is 26.1 Å². The summed E-state index contributed by atoms with van der Waals surface area (Å²) in [7, 11) is 0. The monoisotopic (exact) mass is 242 g/mol. The standard InChI is InChI=1S/C13H26N2O2/c1-2-3-4-5-13(16)15-9-6-12(7-10-15)17-11-8-14/h12H,2-11,14H2,1H3. The Hall–Kier alpha value is -0.610. The first-order valence-corrected chi connectivity index (χ1v) is 6.87. The third-order valence-electron chi connectivity index (χ3n) is 3.26. The quantitative estimate of drug-likeness (QED) is 0.689. The Morgan fingerprint density at radius 2 is 2.06 bits per heavy atom. The average Bonchev–Trinajstić information content (AvgIpc) is 2.37. The van der Waals surface area contributed by atoms with Crippen molar-refractivity contribution in [1.82, 2.24) is 4.90 Å². The molecule has 1 aliphatic heterocycles. The third-order valence-corrected chi connectivity index (χ3v) is 3.26. The number of carbonyl (C=O) groups excluding carboxylic acids is 1. The number of hydrogen-bond donors (Lipinski definition) is 1. The molecule has 1 heterocycles. The predicted molar refractivity (Wildman–Crippen MR) is 68.8 cm³/mol. The molecule has 17 heavy (non-hydrogen) atoms. The van der Waals surface area contributed by atoms with Crippen molar-refractivity contribution >= 4 is 5.91 Å². The lowest BCUT2D eigenvalue weighted by Gasteiger charge is -2.32. The topological polar surface area (TPSA) is 55.6 Å². The second-order valence-electron chi connectivity index (χ2n) is 4.70. The number of nitrogens with two attached hydrogens (primary N) is 1. The number of unbranched alkanes of at least 4 members (excludes halogenated alkanes) is 2. The highest BCUT2D eigenvalue weighted by Crippen LogP contribution is 2.15. The van der Waals surface area contributed by atoms with E-state index >= 15 is 0 Å². The van der Waals surface area contributed by atoms with Crippen LogP contribution in [0.5, 0.6) is 0 Å². The number of nitrogens with zero attached hydrogens (tertiary/aromatic N) is 1. The molecule has 1 rings (SSSR count). The summed E-state index contributed by atoms with van der Waals surface area (Å²) in [5.74, 6) is 0.315. The average molecular weight is 242 g/mol. The highest BCUT2D eigenvalue weighted by atomic mass is 16.5. The fraction of sp³-hybridized carbons (Fsp3) is 0.923. The van der Waals surface area contributed by atoms with Crippen LogP contribution in [0.4, 0.5) is 0 Å². The van der Waals surface area contributed by atoms with Gasteiger partial charge >= 0.3 is 0 Å². The SMILES string of the molecule is CCCCCC(=O)N1CCC(OCCN)CC1. The smallest absolute Gasteiger partial charge is 0.222 e. The molecule has 0 unspecified atom stereocenters. The fourth-order valence-corrected chi connectivity index (χ4v) is 2.19. The van der Waals surface area contributed by atoms with Gasteiger partial charge in [0.2, 0.25) is 5.91 Å². The van der Waals surface area contributed by atoms with Crippen LogP contribution in [-0.4, -0.2) is 43.2 Å². The molecule has 0 aromatic rings. The fourth-order valence-electron chi connectivity index (χ4n) is 2.19. The molecule has 100 valence electrons. The summed E-state index contributed by atoms with van der Waals surface area (Å²) in [4.78, 5) is 13.8. The van der Waals surface area contributed by atoms with Crippen molar-refractivity contribution in [2.75, 3.05) is 26.2 Å². The van der Waals surface area contributed by atoms with Crippen molar-refractivity contribution < 1.29 is 9.53 Å². The lowest BCUT2D eigenvalue weighted by atomic mass is 10.1. The van der Waals surface area contributed by atoms with Gasteiger partial charge in [-0.1, -0.05) is 19.8 Å².